The quantitative estimate of drug-likeness (QED) is 0.698. The molecule has 1 saturated heterocycles. The largest absolute Gasteiger partial charge is 0.341 e. The fourth-order valence-electron chi connectivity index (χ4n) is 2.95. The highest BCUT2D eigenvalue weighted by Crippen LogP contribution is 2.29. The summed E-state index contributed by atoms with van der Waals surface area (Å²) in [5.74, 6) is 0.882. The second-order valence-electron chi connectivity index (χ2n) is 5.24. The Morgan fingerprint density at radius 3 is 2.38 bits per heavy atom. The Labute approximate surface area is 103 Å². The zero-order valence-electron chi connectivity index (χ0n) is 9.96. The lowest BCUT2D eigenvalue weighted by molar-refractivity contribution is -0.130. The van der Waals surface area contributed by atoms with Crippen molar-refractivity contribution in [2.75, 3.05) is 13.1 Å². The Bertz CT molecular complexity index is 232. The van der Waals surface area contributed by atoms with Crippen LogP contribution in [0.25, 0.3) is 0 Å². The van der Waals surface area contributed by atoms with Gasteiger partial charge in [-0.1, -0.05) is 32.1 Å². The van der Waals surface area contributed by atoms with E-state index in [4.69, 9.17) is 11.6 Å². The van der Waals surface area contributed by atoms with Crippen molar-refractivity contribution in [3.05, 3.63) is 0 Å². The van der Waals surface area contributed by atoms with E-state index in [2.05, 4.69) is 0 Å². The minimum absolute atomic E-state index is 0.185. The molecule has 0 bridgehead atoms. The first kappa shape index (κ1) is 12.2. The maximum atomic E-state index is 12.0. The number of hydrogen-bond acceptors (Lipinski definition) is 1. The van der Waals surface area contributed by atoms with Crippen LogP contribution in [0.3, 0.4) is 0 Å². The number of halogens is 1. The summed E-state index contributed by atoms with van der Waals surface area (Å²) < 4.78 is 0. The van der Waals surface area contributed by atoms with Gasteiger partial charge in [-0.15, -0.1) is 11.6 Å². The van der Waals surface area contributed by atoms with Gasteiger partial charge in [0.25, 0.3) is 0 Å². The second kappa shape index (κ2) is 5.90. The molecule has 2 aliphatic rings. The highest BCUT2D eigenvalue weighted by atomic mass is 35.5. The molecule has 2 nitrogen and oxygen atoms in total. The normalized spacial score (nSPS) is 24.7. The molecule has 1 unspecified atom stereocenters. The number of hydrogen-bond donors (Lipinski definition) is 0. The van der Waals surface area contributed by atoms with Gasteiger partial charge in [0.05, 0.1) is 0 Å². The lowest BCUT2D eigenvalue weighted by atomic mass is 9.86. The van der Waals surface area contributed by atoms with E-state index >= 15 is 0 Å². The van der Waals surface area contributed by atoms with Gasteiger partial charge in [-0.3, -0.25) is 4.79 Å². The maximum absolute atomic E-state index is 12.0. The van der Waals surface area contributed by atoms with Gasteiger partial charge in [-0.25, -0.2) is 0 Å². The van der Waals surface area contributed by atoms with Crippen molar-refractivity contribution < 1.29 is 4.79 Å². The van der Waals surface area contributed by atoms with Crippen LogP contribution < -0.4 is 0 Å². The Kier molecular flexibility index (Phi) is 4.51. The molecule has 2 rings (SSSR count). The van der Waals surface area contributed by atoms with E-state index < -0.39 is 0 Å². The van der Waals surface area contributed by atoms with Crippen molar-refractivity contribution in [3.63, 3.8) is 0 Å². The lowest BCUT2D eigenvalue weighted by Gasteiger charge is -2.25. The zero-order chi connectivity index (χ0) is 11.4. The summed E-state index contributed by atoms with van der Waals surface area (Å²) in [6, 6.07) is 0. The van der Waals surface area contributed by atoms with Crippen molar-refractivity contribution in [3.8, 4) is 0 Å². The number of alkyl halides is 1. The molecule has 1 saturated carbocycles. The summed E-state index contributed by atoms with van der Waals surface area (Å²) in [5, 5.41) is -0.263. The predicted molar refractivity (Wildman–Crippen MR) is 66.6 cm³/mol. The molecular weight excluding hydrogens is 222 g/mol. The van der Waals surface area contributed by atoms with E-state index in [9.17, 15) is 4.79 Å². The smallest absolute Gasteiger partial charge is 0.240 e. The summed E-state index contributed by atoms with van der Waals surface area (Å²) >= 11 is 6.25. The minimum atomic E-state index is -0.263. The van der Waals surface area contributed by atoms with Gasteiger partial charge in [0.2, 0.25) is 5.91 Å². The van der Waals surface area contributed by atoms with Crippen LogP contribution in [0, 0.1) is 5.92 Å². The molecule has 0 radical (unpaired) electrons. The third-order valence-electron chi connectivity index (χ3n) is 3.95. The van der Waals surface area contributed by atoms with Crippen LogP contribution in [0.1, 0.15) is 51.4 Å². The monoisotopic (exact) mass is 243 g/mol. The standard InChI is InChI=1S/C13H22ClNO/c14-12(10-11-6-2-1-3-7-11)13(16)15-8-4-5-9-15/h11-12H,1-10H2. The van der Waals surface area contributed by atoms with Gasteiger partial charge >= 0.3 is 0 Å². The molecule has 0 aromatic carbocycles. The molecule has 0 aromatic heterocycles. The van der Waals surface area contributed by atoms with E-state index in [-0.39, 0.29) is 11.3 Å². The van der Waals surface area contributed by atoms with Gasteiger partial charge in [0.1, 0.15) is 5.38 Å². The highest BCUT2D eigenvalue weighted by Gasteiger charge is 2.27. The summed E-state index contributed by atoms with van der Waals surface area (Å²) in [7, 11) is 0. The first-order valence-corrected chi connectivity index (χ1v) is 7.14. The van der Waals surface area contributed by atoms with Gasteiger partial charge in [0, 0.05) is 13.1 Å². The Morgan fingerprint density at radius 2 is 1.75 bits per heavy atom. The van der Waals surface area contributed by atoms with Gasteiger partial charge in [-0.05, 0) is 25.2 Å². The summed E-state index contributed by atoms with van der Waals surface area (Å²) in [6.45, 7) is 1.85. The third kappa shape index (κ3) is 3.13. The number of carbonyl (C=O) groups excluding carboxylic acids is 1. The molecule has 3 heteroatoms. The van der Waals surface area contributed by atoms with Crippen LogP contribution in [-0.4, -0.2) is 29.3 Å². The molecule has 1 heterocycles. The van der Waals surface area contributed by atoms with E-state index in [0.29, 0.717) is 5.92 Å². The first-order valence-electron chi connectivity index (χ1n) is 6.70. The molecule has 0 N–H and O–H groups in total. The molecule has 0 spiro atoms. The SMILES string of the molecule is O=C(C(Cl)CC1CCCCC1)N1CCCC1. The summed E-state index contributed by atoms with van der Waals surface area (Å²) in [5.41, 5.74) is 0. The lowest BCUT2D eigenvalue weighted by Crippen LogP contribution is -2.35. The zero-order valence-corrected chi connectivity index (χ0v) is 10.7. The molecule has 1 atom stereocenters. The average Bonchev–Trinajstić information content (AvgIpc) is 2.83. The average molecular weight is 244 g/mol. The van der Waals surface area contributed by atoms with Crippen molar-refractivity contribution in [2.24, 2.45) is 5.92 Å². The van der Waals surface area contributed by atoms with Crippen LogP contribution in [0.4, 0.5) is 0 Å². The highest BCUT2D eigenvalue weighted by molar-refractivity contribution is 6.30. The van der Waals surface area contributed by atoms with Gasteiger partial charge < -0.3 is 4.90 Å². The Morgan fingerprint density at radius 1 is 1.12 bits per heavy atom. The molecule has 1 amide bonds. The molecular formula is C13H22ClNO. The topological polar surface area (TPSA) is 20.3 Å². The fraction of sp³-hybridized carbons (Fsp3) is 0.923. The second-order valence-corrected chi connectivity index (χ2v) is 5.77. The van der Waals surface area contributed by atoms with E-state index in [1.165, 1.54) is 32.1 Å². The molecule has 1 aliphatic heterocycles. The minimum Gasteiger partial charge on any atom is -0.341 e. The number of nitrogens with zero attached hydrogens (tertiary/aromatic N) is 1. The Hall–Kier alpha value is -0.240. The van der Waals surface area contributed by atoms with E-state index in [1.54, 1.807) is 0 Å². The van der Waals surface area contributed by atoms with E-state index in [1.807, 2.05) is 4.90 Å². The molecule has 92 valence electrons. The molecule has 16 heavy (non-hydrogen) atoms. The van der Waals surface area contributed by atoms with Crippen molar-refractivity contribution in [1.29, 1.82) is 0 Å². The predicted octanol–water partition coefficient (Wildman–Crippen LogP) is 3.19. The molecule has 2 fully saturated rings. The first-order chi connectivity index (χ1) is 7.77. The number of amides is 1. The van der Waals surface area contributed by atoms with Crippen molar-refractivity contribution >= 4 is 17.5 Å². The van der Waals surface area contributed by atoms with Crippen molar-refractivity contribution in [2.45, 2.75) is 56.7 Å². The number of likely N-dealkylation sites (tertiary alicyclic amines) is 1. The fourth-order valence-corrected chi connectivity index (χ4v) is 3.34. The Balaban J connectivity index is 1.77. The van der Waals surface area contributed by atoms with Crippen LogP contribution in [0.15, 0.2) is 0 Å². The summed E-state index contributed by atoms with van der Waals surface area (Å²) in [4.78, 5) is 14.0. The number of rotatable bonds is 3. The van der Waals surface area contributed by atoms with Crippen LogP contribution in [-0.2, 0) is 4.79 Å². The van der Waals surface area contributed by atoms with Gasteiger partial charge in [0.15, 0.2) is 0 Å². The van der Waals surface area contributed by atoms with Crippen molar-refractivity contribution in [1.82, 2.24) is 4.90 Å². The number of carbonyl (C=O) groups is 1. The van der Waals surface area contributed by atoms with Crippen LogP contribution >= 0.6 is 11.6 Å². The third-order valence-corrected chi connectivity index (χ3v) is 4.32. The van der Waals surface area contributed by atoms with Crippen LogP contribution in [0.5, 0.6) is 0 Å². The molecule has 1 aliphatic carbocycles. The summed E-state index contributed by atoms with van der Waals surface area (Å²) in [6.07, 6.45) is 9.77. The van der Waals surface area contributed by atoms with E-state index in [0.717, 1.165) is 32.4 Å². The van der Waals surface area contributed by atoms with Gasteiger partial charge in [-0.2, -0.15) is 0 Å². The maximum Gasteiger partial charge on any atom is 0.240 e. The molecule has 0 aromatic rings. The van der Waals surface area contributed by atoms with Crippen LogP contribution in [0.2, 0.25) is 0 Å².